The van der Waals surface area contributed by atoms with Gasteiger partial charge in [-0.05, 0) is 42.9 Å². The summed E-state index contributed by atoms with van der Waals surface area (Å²) in [6, 6.07) is 3.24. The molecule has 4 heteroatoms. The van der Waals surface area contributed by atoms with Crippen LogP contribution in [0.3, 0.4) is 0 Å². The standard InChI is InChI=1S/C15H18BrF2N/c16-9-10-7-12(17)15(13(18)8-10)19-6-5-11-3-1-2-4-14(11)19/h7-8,11,14H,1-6,9H2. The van der Waals surface area contributed by atoms with E-state index in [4.69, 9.17) is 0 Å². The molecule has 0 aromatic heterocycles. The molecule has 1 heterocycles. The second-order valence-corrected chi connectivity index (χ2v) is 6.20. The lowest BCUT2D eigenvalue weighted by Gasteiger charge is -2.33. The molecule has 0 amide bonds. The zero-order chi connectivity index (χ0) is 13.4. The van der Waals surface area contributed by atoms with Gasteiger partial charge in [0.1, 0.15) is 17.3 Å². The molecule has 19 heavy (non-hydrogen) atoms. The van der Waals surface area contributed by atoms with Crippen LogP contribution in [0.5, 0.6) is 0 Å². The third-order valence-electron chi connectivity index (χ3n) is 4.53. The summed E-state index contributed by atoms with van der Waals surface area (Å²) in [6.07, 6.45) is 5.81. The van der Waals surface area contributed by atoms with Crippen LogP contribution < -0.4 is 4.90 Å². The Balaban J connectivity index is 1.94. The quantitative estimate of drug-likeness (QED) is 0.715. The van der Waals surface area contributed by atoms with Gasteiger partial charge in [-0.2, -0.15) is 0 Å². The highest BCUT2D eigenvalue weighted by atomic mass is 79.9. The van der Waals surface area contributed by atoms with Crippen molar-refractivity contribution in [2.45, 2.75) is 43.5 Å². The fourth-order valence-corrected chi connectivity index (χ4v) is 3.98. The zero-order valence-corrected chi connectivity index (χ0v) is 12.4. The number of anilines is 1. The van der Waals surface area contributed by atoms with E-state index >= 15 is 0 Å². The molecular weight excluding hydrogens is 312 g/mol. The van der Waals surface area contributed by atoms with E-state index in [1.54, 1.807) is 0 Å². The molecule has 104 valence electrons. The van der Waals surface area contributed by atoms with Gasteiger partial charge in [-0.15, -0.1) is 0 Å². The summed E-state index contributed by atoms with van der Waals surface area (Å²) in [6.45, 7) is 0.789. The maximum Gasteiger partial charge on any atom is 0.149 e. The van der Waals surface area contributed by atoms with Crippen molar-refractivity contribution in [3.8, 4) is 0 Å². The zero-order valence-electron chi connectivity index (χ0n) is 10.8. The maximum atomic E-state index is 14.2. The number of halogens is 3. The third kappa shape index (κ3) is 2.39. The molecule has 1 saturated heterocycles. The normalized spacial score (nSPS) is 26.6. The van der Waals surface area contributed by atoms with Crippen molar-refractivity contribution in [1.29, 1.82) is 0 Å². The van der Waals surface area contributed by atoms with Crippen molar-refractivity contribution in [2.75, 3.05) is 11.4 Å². The molecule has 0 radical (unpaired) electrons. The molecule has 0 bridgehead atoms. The Kier molecular flexibility index (Phi) is 3.79. The van der Waals surface area contributed by atoms with Crippen LogP contribution >= 0.6 is 15.9 Å². The van der Waals surface area contributed by atoms with E-state index in [-0.39, 0.29) is 5.69 Å². The highest BCUT2D eigenvalue weighted by Gasteiger charge is 2.37. The monoisotopic (exact) mass is 329 g/mol. The summed E-state index contributed by atoms with van der Waals surface area (Å²) in [7, 11) is 0. The number of alkyl halides is 1. The molecule has 1 aromatic carbocycles. The summed E-state index contributed by atoms with van der Waals surface area (Å²) >= 11 is 3.24. The average Bonchev–Trinajstić information content (AvgIpc) is 2.82. The average molecular weight is 330 g/mol. The Labute approximate surface area is 121 Å². The Bertz CT molecular complexity index is 454. The second-order valence-electron chi connectivity index (χ2n) is 5.64. The van der Waals surface area contributed by atoms with Crippen molar-refractivity contribution in [3.05, 3.63) is 29.3 Å². The molecule has 1 nitrogen and oxygen atoms in total. The van der Waals surface area contributed by atoms with Crippen molar-refractivity contribution >= 4 is 21.6 Å². The van der Waals surface area contributed by atoms with E-state index in [1.165, 1.54) is 31.4 Å². The van der Waals surface area contributed by atoms with Gasteiger partial charge in [-0.1, -0.05) is 28.8 Å². The first-order chi connectivity index (χ1) is 9.20. The van der Waals surface area contributed by atoms with Crippen LogP contribution in [0.4, 0.5) is 14.5 Å². The van der Waals surface area contributed by atoms with Gasteiger partial charge in [-0.3, -0.25) is 0 Å². The highest BCUT2D eigenvalue weighted by molar-refractivity contribution is 9.08. The summed E-state index contributed by atoms with van der Waals surface area (Å²) in [5.74, 6) is -0.204. The minimum absolute atomic E-state index is 0.194. The van der Waals surface area contributed by atoms with Crippen molar-refractivity contribution in [1.82, 2.24) is 0 Å². The molecule has 1 saturated carbocycles. The van der Waals surface area contributed by atoms with Gasteiger partial charge in [0.05, 0.1) is 0 Å². The SMILES string of the molecule is Fc1cc(CBr)cc(F)c1N1CCC2CCCCC21. The number of benzene rings is 1. The Hall–Kier alpha value is -0.640. The van der Waals surface area contributed by atoms with E-state index in [0.29, 0.717) is 22.9 Å². The largest absolute Gasteiger partial charge is 0.364 e. The Morgan fingerprint density at radius 3 is 2.47 bits per heavy atom. The molecule has 1 aliphatic carbocycles. The van der Waals surface area contributed by atoms with E-state index in [0.717, 1.165) is 19.4 Å². The number of rotatable bonds is 2. The molecule has 2 aliphatic rings. The van der Waals surface area contributed by atoms with Gasteiger partial charge in [0.25, 0.3) is 0 Å². The van der Waals surface area contributed by atoms with Gasteiger partial charge >= 0.3 is 0 Å². The van der Waals surface area contributed by atoms with Gasteiger partial charge < -0.3 is 4.90 Å². The maximum absolute atomic E-state index is 14.2. The van der Waals surface area contributed by atoms with Crippen LogP contribution in [0, 0.1) is 17.6 Å². The highest BCUT2D eigenvalue weighted by Crippen LogP contribution is 2.40. The van der Waals surface area contributed by atoms with Crippen LogP contribution in [0.2, 0.25) is 0 Å². The number of hydrogen-bond acceptors (Lipinski definition) is 1. The molecule has 0 N–H and O–H groups in total. The van der Waals surface area contributed by atoms with E-state index in [9.17, 15) is 8.78 Å². The minimum atomic E-state index is -0.416. The molecule has 3 rings (SSSR count). The van der Waals surface area contributed by atoms with Crippen LogP contribution in [0.15, 0.2) is 12.1 Å². The molecule has 1 aliphatic heterocycles. The summed E-state index contributed by atoms with van der Waals surface area (Å²) in [4.78, 5) is 1.98. The predicted molar refractivity (Wildman–Crippen MR) is 76.7 cm³/mol. The van der Waals surface area contributed by atoms with Crippen LogP contribution in [-0.2, 0) is 5.33 Å². The lowest BCUT2D eigenvalue weighted by Crippen LogP contribution is -2.35. The minimum Gasteiger partial charge on any atom is -0.364 e. The number of fused-ring (bicyclic) bond motifs is 1. The number of hydrogen-bond donors (Lipinski definition) is 0. The predicted octanol–water partition coefficient (Wildman–Crippen LogP) is 4.63. The first kappa shape index (κ1) is 13.3. The fraction of sp³-hybridized carbons (Fsp3) is 0.600. The Morgan fingerprint density at radius 1 is 1.11 bits per heavy atom. The molecule has 2 unspecified atom stereocenters. The summed E-state index contributed by atoms with van der Waals surface area (Å²) in [5.41, 5.74) is 0.845. The molecule has 2 atom stereocenters. The molecule has 1 aromatic rings. The smallest absolute Gasteiger partial charge is 0.149 e. The van der Waals surface area contributed by atoms with E-state index in [1.807, 2.05) is 4.90 Å². The Morgan fingerprint density at radius 2 is 1.79 bits per heavy atom. The van der Waals surface area contributed by atoms with Gasteiger partial charge in [0.2, 0.25) is 0 Å². The second kappa shape index (κ2) is 5.39. The van der Waals surface area contributed by atoms with E-state index < -0.39 is 11.6 Å². The van der Waals surface area contributed by atoms with Crippen molar-refractivity contribution < 1.29 is 8.78 Å². The van der Waals surface area contributed by atoms with Crippen LogP contribution in [-0.4, -0.2) is 12.6 Å². The lowest BCUT2D eigenvalue weighted by atomic mass is 9.85. The van der Waals surface area contributed by atoms with E-state index in [2.05, 4.69) is 15.9 Å². The summed E-state index contributed by atoms with van der Waals surface area (Å²) < 4.78 is 28.4. The van der Waals surface area contributed by atoms with Crippen molar-refractivity contribution in [3.63, 3.8) is 0 Å². The molecule has 2 fully saturated rings. The summed E-state index contributed by atoms with van der Waals surface area (Å²) in [5, 5.41) is 0.479. The fourth-order valence-electron chi connectivity index (χ4n) is 3.65. The van der Waals surface area contributed by atoms with Gasteiger partial charge in [0, 0.05) is 17.9 Å². The number of nitrogens with zero attached hydrogens (tertiary/aromatic N) is 1. The molecule has 0 spiro atoms. The molecular formula is C15H18BrF2N. The van der Waals surface area contributed by atoms with Crippen molar-refractivity contribution in [2.24, 2.45) is 5.92 Å². The topological polar surface area (TPSA) is 3.24 Å². The van der Waals surface area contributed by atoms with Crippen LogP contribution in [0.25, 0.3) is 0 Å². The van der Waals surface area contributed by atoms with Gasteiger partial charge in [0.15, 0.2) is 0 Å². The lowest BCUT2D eigenvalue weighted by molar-refractivity contribution is 0.340. The first-order valence-electron chi connectivity index (χ1n) is 7.01. The van der Waals surface area contributed by atoms with Crippen LogP contribution in [0.1, 0.15) is 37.7 Å². The first-order valence-corrected chi connectivity index (χ1v) is 8.13. The third-order valence-corrected chi connectivity index (χ3v) is 5.18. The van der Waals surface area contributed by atoms with Gasteiger partial charge in [-0.25, -0.2) is 8.78 Å².